The van der Waals surface area contributed by atoms with Crippen LogP contribution in [0.25, 0.3) is 11.3 Å². The number of aromatic nitrogens is 4. The monoisotopic (exact) mass is 332 g/mol. The Morgan fingerprint density at radius 2 is 2.08 bits per heavy atom. The van der Waals surface area contributed by atoms with Crippen LogP contribution in [-0.2, 0) is 0 Å². The largest absolute Gasteiger partial charge is 0.321 e. The summed E-state index contributed by atoms with van der Waals surface area (Å²) in [7, 11) is 0. The highest BCUT2D eigenvalue weighted by molar-refractivity contribution is 5.96. The number of carbonyl (C=O) groups is 1. The lowest BCUT2D eigenvalue weighted by molar-refractivity contribution is 0.0984. The summed E-state index contributed by atoms with van der Waals surface area (Å²) in [6, 6.07) is 9.23. The molecule has 0 atom stereocenters. The second-order valence-electron chi connectivity index (χ2n) is 5.50. The second-order valence-corrected chi connectivity index (χ2v) is 5.50. The van der Waals surface area contributed by atoms with Crippen molar-refractivity contribution in [3.05, 3.63) is 54.0 Å². The van der Waals surface area contributed by atoms with E-state index in [-0.39, 0.29) is 18.6 Å². The molecular weight excluding hydrogens is 316 g/mol. The van der Waals surface area contributed by atoms with E-state index in [2.05, 4.69) is 25.5 Å². The SMILES string of the molecule is Cc1cnc(Nc2cn[nH]c2)nc1-c1ccc(C(=O)CCC#N)cc1. The minimum atomic E-state index is -0.0326. The van der Waals surface area contributed by atoms with Gasteiger partial charge in [-0.15, -0.1) is 0 Å². The average Bonchev–Trinajstić information content (AvgIpc) is 3.14. The minimum Gasteiger partial charge on any atom is -0.321 e. The molecule has 0 unspecified atom stereocenters. The topological polar surface area (TPSA) is 107 Å². The zero-order chi connectivity index (χ0) is 17.6. The van der Waals surface area contributed by atoms with Crippen LogP contribution in [0.3, 0.4) is 0 Å². The molecule has 0 saturated carbocycles. The van der Waals surface area contributed by atoms with Gasteiger partial charge in [-0.1, -0.05) is 24.3 Å². The Balaban J connectivity index is 1.83. The Hall–Kier alpha value is -3.53. The number of benzene rings is 1. The molecule has 0 saturated heterocycles. The number of hydrogen-bond acceptors (Lipinski definition) is 6. The molecule has 2 N–H and O–H groups in total. The Morgan fingerprint density at radius 1 is 1.28 bits per heavy atom. The van der Waals surface area contributed by atoms with Crippen LogP contribution in [-0.4, -0.2) is 25.9 Å². The maximum atomic E-state index is 12.0. The molecule has 7 heteroatoms. The molecule has 2 aromatic heterocycles. The van der Waals surface area contributed by atoms with E-state index in [1.807, 2.05) is 25.1 Å². The molecule has 0 aliphatic heterocycles. The number of anilines is 2. The lowest BCUT2D eigenvalue weighted by Crippen LogP contribution is -2.00. The predicted molar refractivity (Wildman–Crippen MR) is 93.3 cm³/mol. The molecule has 0 aliphatic carbocycles. The third-order valence-corrected chi connectivity index (χ3v) is 3.67. The quantitative estimate of drug-likeness (QED) is 0.670. The molecular formula is C18H16N6O. The maximum absolute atomic E-state index is 12.0. The van der Waals surface area contributed by atoms with E-state index in [0.29, 0.717) is 11.5 Å². The Kier molecular flexibility index (Phi) is 4.81. The van der Waals surface area contributed by atoms with Crippen LogP contribution in [0.2, 0.25) is 0 Å². The number of nitrogens with one attached hydrogen (secondary N) is 2. The van der Waals surface area contributed by atoms with Crippen LogP contribution in [0.4, 0.5) is 11.6 Å². The molecule has 0 fully saturated rings. The van der Waals surface area contributed by atoms with E-state index in [9.17, 15) is 4.79 Å². The van der Waals surface area contributed by atoms with Gasteiger partial charge >= 0.3 is 0 Å². The third-order valence-electron chi connectivity index (χ3n) is 3.67. The van der Waals surface area contributed by atoms with Gasteiger partial charge in [0.2, 0.25) is 5.95 Å². The first kappa shape index (κ1) is 16.3. The van der Waals surface area contributed by atoms with Crippen molar-refractivity contribution in [2.45, 2.75) is 19.8 Å². The highest BCUT2D eigenvalue weighted by Crippen LogP contribution is 2.23. The van der Waals surface area contributed by atoms with E-state index in [0.717, 1.165) is 22.5 Å². The summed E-state index contributed by atoms with van der Waals surface area (Å²) < 4.78 is 0. The zero-order valence-corrected chi connectivity index (χ0v) is 13.7. The summed E-state index contributed by atoms with van der Waals surface area (Å²) in [6.07, 6.45) is 5.57. The van der Waals surface area contributed by atoms with Crippen molar-refractivity contribution in [1.29, 1.82) is 5.26 Å². The lowest BCUT2D eigenvalue weighted by Gasteiger charge is -2.09. The van der Waals surface area contributed by atoms with E-state index >= 15 is 0 Å². The number of rotatable bonds is 6. The fourth-order valence-electron chi connectivity index (χ4n) is 2.37. The number of Topliss-reactive ketones (excluding diaryl/α,β-unsaturated/α-hetero) is 1. The van der Waals surface area contributed by atoms with Crippen molar-refractivity contribution < 1.29 is 4.79 Å². The van der Waals surface area contributed by atoms with Gasteiger partial charge in [0, 0.05) is 36.4 Å². The van der Waals surface area contributed by atoms with E-state index in [1.54, 1.807) is 30.7 Å². The van der Waals surface area contributed by atoms with Gasteiger partial charge in [-0.25, -0.2) is 9.97 Å². The van der Waals surface area contributed by atoms with Gasteiger partial charge in [0.05, 0.1) is 23.6 Å². The van der Waals surface area contributed by atoms with Crippen molar-refractivity contribution in [3.63, 3.8) is 0 Å². The van der Waals surface area contributed by atoms with Crippen molar-refractivity contribution in [2.75, 3.05) is 5.32 Å². The van der Waals surface area contributed by atoms with Crippen LogP contribution >= 0.6 is 0 Å². The normalized spacial score (nSPS) is 10.2. The molecule has 25 heavy (non-hydrogen) atoms. The summed E-state index contributed by atoms with van der Waals surface area (Å²) in [5.41, 5.74) is 3.99. The molecule has 1 aromatic carbocycles. The summed E-state index contributed by atoms with van der Waals surface area (Å²) in [5.74, 6) is 0.436. The number of H-pyrrole nitrogens is 1. The summed E-state index contributed by atoms with van der Waals surface area (Å²) in [6.45, 7) is 1.93. The van der Waals surface area contributed by atoms with Gasteiger partial charge in [0.1, 0.15) is 0 Å². The smallest absolute Gasteiger partial charge is 0.227 e. The van der Waals surface area contributed by atoms with Gasteiger partial charge in [-0.3, -0.25) is 9.89 Å². The van der Waals surface area contributed by atoms with Crippen LogP contribution in [0.5, 0.6) is 0 Å². The van der Waals surface area contributed by atoms with E-state index in [4.69, 9.17) is 5.26 Å². The Bertz CT molecular complexity index is 910. The minimum absolute atomic E-state index is 0.0326. The first-order valence-corrected chi connectivity index (χ1v) is 7.77. The molecule has 0 bridgehead atoms. The third kappa shape index (κ3) is 3.87. The van der Waals surface area contributed by atoms with Crippen molar-refractivity contribution >= 4 is 17.4 Å². The number of nitriles is 1. The predicted octanol–water partition coefficient (Wildman–Crippen LogP) is 3.41. The molecule has 0 amide bonds. The lowest BCUT2D eigenvalue weighted by atomic mass is 10.0. The average molecular weight is 332 g/mol. The van der Waals surface area contributed by atoms with Crippen molar-refractivity contribution in [1.82, 2.24) is 20.2 Å². The van der Waals surface area contributed by atoms with Crippen LogP contribution in [0.1, 0.15) is 28.8 Å². The summed E-state index contributed by atoms with van der Waals surface area (Å²) in [4.78, 5) is 20.8. The van der Waals surface area contributed by atoms with Gasteiger partial charge in [0.15, 0.2) is 5.78 Å². The maximum Gasteiger partial charge on any atom is 0.227 e. The Labute approximate surface area is 144 Å². The van der Waals surface area contributed by atoms with Gasteiger partial charge < -0.3 is 5.32 Å². The van der Waals surface area contributed by atoms with Gasteiger partial charge in [0.25, 0.3) is 0 Å². The zero-order valence-electron chi connectivity index (χ0n) is 13.7. The first-order valence-electron chi connectivity index (χ1n) is 7.77. The van der Waals surface area contributed by atoms with Crippen LogP contribution < -0.4 is 5.32 Å². The molecule has 7 nitrogen and oxygen atoms in total. The number of carbonyl (C=O) groups excluding carboxylic acids is 1. The summed E-state index contributed by atoms with van der Waals surface area (Å²) in [5, 5.41) is 18.2. The van der Waals surface area contributed by atoms with Crippen LogP contribution in [0, 0.1) is 18.3 Å². The number of nitrogens with zero attached hydrogens (tertiary/aromatic N) is 4. The first-order chi connectivity index (χ1) is 12.2. The van der Waals surface area contributed by atoms with Gasteiger partial charge in [-0.05, 0) is 12.5 Å². The molecule has 3 aromatic rings. The standard InChI is InChI=1S/C18H16N6O/c1-12-9-20-18(23-15-10-21-22-11-15)24-17(12)14-6-4-13(5-7-14)16(25)3-2-8-19/h4-7,9-11H,2-3H2,1H3,(H,21,22)(H,20,23,24). The fourth-order valence-corrected chi connectivity index (χ4v) is 2.37. The molecule has 0 radical (unpaired) electrons. The van der Waals surface area contributed by atoms with Crippen LogP contribution in [0.15, 0.2) is 42.9 Å². The molecule has 3 rings (SSSR count). The number of hydrogen-bond donors (Lipinski definition) is 2. The highest BCUT2D eigenvalue weighted by Gasteiger charge is 2.10. The number of aryl methyl sites for hydroxylation is 1. The number of ketones is 1. The van der Waals surface area contributed by atoms with E-state index < -0.39 is 0 Å². The van der Waals surface area contributed by atoms with Crippen molar-refractivity contribution in [2.24, 2.45) is 0 Å². The Morgan fingerprint density at radius 3 is 2.76 bits per heavy atom. The molecule has 0 spiro atoms. The van der Waals surface area contributed by atoms with Crippen molar-refractivity contribution in [3.8, 4) is 17.3 Å². The highest BCUT2D eigenvalue weighted by atomic mass is 16.1. The van der Waals surface area contributed by atoms with E-state index in [1.165, 1.54) is 0 Å². The van der Waals surface area contributed by atoms with Gasteiger partial charge in [-0.2, -0.15) is 10.4 Å². The second kappa shape index (κ2) is 7.36. The fraction of sp³-hybridized carbons (Fsp3) is 0.167. The molecule has 0 aliphatic rings. The molecule has 2 heterocycles. The molecule has 124 valence electrons. The summed E-state index contributed by atoms with van der Waals surface area (Å²) >= 11 is 0. The number of aromatic amines is 1.